The van der Waals surface area contributed by atoms with E-state index < -0.39 is 17.9 Å². The van der Waals surface area contributed by atoms with Crippen LogP contribution in [0.4, 0.5) is 17.5 Å². The molecule has 1 aromatic carbocycles. The molecule has 1 fully saturated rings. The number of carbonyl (C=O) groups is 2. The van der Waals surface area contributed by atoms with Crippen molar-refractivity contribution in [3.05, 3.63) is 35.7 Å². The predicted octanol–water partition coefficient (Wildman–Crippen LogP) is 0.797. The van der Waals surface area contributed by atoms with Crippen LogP contribution in [-0.4, -0.2) is 50.7 Å². The maximum atomic E-state index is 11.9. The van der Waals surface area contributed by atoms with E-state index in [1.165, 1.54) is 0 Å². The molecule has 1 aliphatic rings. The lowest BCUT2D eigenvalue weighted by Gasteiger charge is -2.16. The summed E-state index contributed by atoms with van der Waals surface area (Å²) in [6.07, 6.45) is 3.14. The number of aromatic nitrogens is 4. The van der Waals surface area contributed by atoms with E-state index in [1.807, 2.05) is 19.1 Å². The zero-order valence-electron chi connectivity index (χ0n) is 17.3. The highest BCUT2D eigenvalue weighted by Gasteiger charge is 2.21. The summed E-state index contributed by atoms with van der Waals surface area (Å²) < 4.78 is 2.27. The smallest absolute Gasteiger partial charge is 0.273 e. The summed E-state index contributed by atoms with van der Waals surface area (Å²) in [4.78, 5) is 27.5. The topological polar surface area (TPSA) is 166 Å². The summed E-state index contributed by atoms with van der Waals surface area (Å²) in [7, 11) is 0. The van der Waals surface area contributed by atoms with Crippen LogP contribution in [0, 0.1) is 6.92 Å². The maximum Gasteiger partial charge on any atom is 0.273 e. The first-order valence-electron chi connectivity index (χ1n) is 10.0. The van der Waals surface area contributed by atoms with E-state index >= 15 is 0 Å². The number of benzene rings is 1. The number of rotatable bonds is 7. The van der Waals surface area contributed by atoms with Crippen LogP contribution in [-0.2, 0) is 4.79 Å². The van der Waals surface area contributed by atoms with Crippen molar-refractivity contribution in [1.29, 1.82) is 0 Å². The Labute approximate surface area is 178 Å². The molecule has 31 heavy (non-hydrogen) atoms. The average Bonchev–Trinajstić information content (AvgIpc) is 3.37. The second kappa shape index (κ2) is 8.19. The SMILES string of the molecule is Cc1cc(Nc2nc(N[C@H](C)C(N)=O)nnc2C(N)=O)c2ccn([C@H]3CCNC3)c2c1. The zero-order valence-corrected chi connectivity index (χ0v) is 17.3. The second-order valence-electron chi connectivity index (χ2n) is 7.71. The van der Waals surface area contributed by atoms with Crippen LogP contribution in [0.3, 0.4) is 0 Å². The van der Waals surface area contributed by atoms with Gasteiger partial charge in [-0.2, -0.15) is 4.98 Å². The number of primary amides is 2. The molecule has 1 aliphatic heterocycles. The fourth-order valence-corrected chi connectivity index (χ4v) is 3.73. The number of amides is 2. The van der Waals surface area contributed by atoms with Crippen molar-refractivity contribution in [2.24, 2.45) is 11.5 Å². The summed E-state index contributed by atoms with van der Waals surface area (Å²) in [6.45, 7) is 5.50. The van der Waals surface area contributed by atoms with Gasteiger partial charge in [-0.15, -0.1) is 10.2 Å². The van der Waals surface area contributed by atoms with Crippen molar-refractivity contribution in [1.82, 2.24) is 25.1 Å². The summed E-state index contributed by atoms with van der Waals surface area (Å²) in [5.74, 6) is -1.14. The van der Waals surface area contributed by atoms with Crippen molar-refractivity contribution in [3.63, 3.8) is 0 Å². The molecule has 0 unspecified atom stereocenters. The van der Waals surface area contributed by atoms with E-state index in [9.17, 15) is 9.59 Å². The van der Waals surface area contributed by atoms with Crippen molar-refractivity contribution < 1.29 is 9.59 Å². The Balaban J connectivity index is 1.74. The number of anilines is 3. The molecule has 3 heterocycles. The van der Waals surface area contributed by atoms with Crippen molar-refractivity contribution in [3.8, 4) is 0 Å². The standard InChI is InChI=1S/C20H25N9O2/c1-10-7-14(13-4-6-29(15(13)8-10)12-3-5-23-9-12)25-19-16(18(22)31)27-28-20(26-19)24-11(2)17(21)30/h4,6-8,11-12,23H,3,5,9H2,1-2H3,(H2,21,30)(H2,22,31)(H2,24,25,26,28)/t11-,12+/m1/s1. The average molecular weight is 423 g/mol. The minimum Gasteiger partial charge on any atom is -0.368 e. The van der Waals surface area contributed by atoms with Gasteiger partial charge >= 0.3 is 0 Å². The molecule has 7 N–H and O–H groups in total. The van der Waals surface area contributed by atoms with Crippen LogP contribution < -0.4 is 27.4 Å². The lowest BCUT2D eigenvalue weighted by molar-refractivity contribution is -0.118. The van der Waals surface area contributed by atoms with Gasteiger partial charge in [-0.25, -0.2) is 0 Å². The highest BCUT2D eigenvalue weighted by molar-refractivity contribution is 5.99. The Kier molecular flexibility index (Phi) is 5.42. The molecule has 162 valence electrons. The number of aryl methyl sites for hydroxylation is 1. The van der Waals surface area contributed by atoms with E-state index in [1.54, 1.807) is 6.92 Å². The number of nitrogens with two attached hydrogens (primary N) is 2. The Hall–Kier alpha value is -3.73. The van der Waals surface area contributed by atoms with Gasteiger partial charge < -0.3 is 32.0 Å². The highest BCUT2D eigenvalue weighted by atomic mass is 16.1. The summed E-state index contributed by atoms with van der Waals surface area (Å²) in [5, 5.41) is 18.0. The molecule has 11 heteroatoms. The largest absolute Gasteiger partial charge is 0.368 e. The number of nitrogens with zero attached hydrogens (tertiary/aromatic N) is 4. The molecule has 2 atom stereocenters. The first-order chi connectivity index (χ1) is 14.8. The number of nitrogens with one attached hydrogen (secondary N) is 3. The van der Waals surface area contributed by atoms with E-state index in [2.05, 4.69) is 48.0 Å². The summed E-state index contributed by atoms with van der Waals surface area (Å²) >= 11 is 0. The molecule has 2 amide bonds. The monoisotopic (exact) mass is 423 g/mol. The van der Waals surface area contributed by atoms with Gasteiger partial charge in [0.25, 0.3) is 5.91 Å². The third kappa shape index (κ3) is 4.12. The van der Waals surface area contributed by atoms with Crippen LogP contribution in [0.2, 0.25) is 0 Å². The molecule has 1 saturated heterocycles. The fraction of sp³-hybridized carbons (Fsp3) is 0.350. The van der Waals surface area contributed by atoms with Crippen molar-refractivity contribution in [2.45, 2.75) is 32.4 Å². The van der Waals surface area contributed by atoms with Gasteiger partial charge in [-0.3, -0.25) is 9.59 Å². The number of carbonyl (C=O) groups excluding carboxylic acids is 2. The zero-order chi connectivity index (χ0) is 22.1. The second-order valence-corrected chi connectivity index (χ2v) is 7.71. The minimum atomic E-state index is -0.768. The van der Waals surface area contributed by atoms with Gasteiger partial charge in [0, 0.05) is 29.9 Å². The molecule has 0 saturated carbocycles. The van der Waals surface area contributed by atoms with Gasteiger partial charge in [-0.1, -0.05) is 0 Å². The van der Waals surface area contributed by atoms with Crippen LogP contribution in [0.5, 0.6) is 0 Å². The van der Waals surface area contributed by atoms with Gasteiger partial charge in [-0.05, 0) is 50.6 Å². The van der Waals surface area contributed by atoms with Gasteiger partial charge in [0.05, 0.1) is 5.52 Å². The third-order valence-corrected chi connectivity index (χ3v) is 5.36. The molecule has 0 bridgehead atoms. The number of hydrogen-bond acceptors (Lipinski definition) is 8. The Morgan fingerprint density at radius 3 is 2.77 bits per heavy atom. The molecular weight excluding hydrogens is 398 g/mol. The van der Waals surface area contributed by atoms with Crippen molar-refractivity contribution in [2.75, 3.05) is 23.7 Å². The summed E-state index contributed by atoms with van der Waals surface area (Å²) in [5.41, 5.74) is 13.5. The number of hydrogen-bond donors (Lipinski definition) is 5. The van der Waals surface area contributed by atoms with E-state index in [0.717, 1.165) is 41.7 Å². The first kappa shape index (κ1) is 20.5. The van der Waals surface area contributed by atoms with Gasteiger partial charge in [0.1, 0.15) is 6.04 Å². The summed E-state index contributed by atoms with van der Waals surface area (Å²) in [6, 6.07) is 5.80. The van der Waals surface area contributed by atoms with Crippen LogP contribution in [0.1, 0.15) is 35.4 Å². The van der Waals surface area contributed by atoms with Crippen LogP contribution in [0.25, 0.3) is 10.9 Å². The van der Waals surface area contributed by atoms with Crippen LogP contribution in [0.15, 0.2) is 24.4 Å². The quantitative estimate of drug-likeness (QED) is 0.372. The normalized spacial score (nSPS) is 16.9. The molecule has 0 radical (unpaired) electrons. The van der Waals surface area contributed by atoms with E-state index in [4.69, 9.17) is 11.5 Å². The highest BCUT2D eigenvalue weighted by Crippen LogP contribution is 2.32. The number of fused-ring (bicyclic) bond motifs is 1. The maximum absolute atomic E-state index is 11.9. The Bertz CT molecular complexity index is 1150. The van der Waals surface area contributed by atoms with Gasteiger partial charge in [0.2, 0.25) is 11.9 Å². The van der Waals surface area contributed by atoms with E-state index in [0.29, 0.717) is 6.04 Å². The first-order valence-corrected chi connectivity index (χ1v) is 10.0. The van der Waals surface area contributed by atoms with Crippen molar-refractivity contribution >= 4 is 40.2 Å². The third-order valence-electron chi connectivity index (χ3n) is 5.36. The molecule has 2 aromatic heterocycles. The molecular formula is C20H25N9O2. The lowest BCUT2D eigenvalue weighted by Crippen LogP contribution is -2.33. The van der Waals surface area contributed by atoms with E-state index in [-0.39, 0.29) is 17.5 Å². The molecule has 11 nitrogen and oxygen atoms in total. The Morgan fingerprint density at radius 2 is 2.10 bits per heavy atom. The minimum absolute atomic E-state index is 0.0531. The van der Waals surface area contributed by atoms with Crippen LogP contribution >= 0.6 is 0 Å². The Morgan fingerprint density at radius 1 is 1.29 bits per heavy atom. The predicted molar refractivity (Wildman–Crippen MR) is 117 cm³/mol. The lowest BCUT2D eigenvalue weighted by atomic mass is 10.1. The molecule has 3 aromatic rings. The molecule has 4 rings (SSSR count). The van der Waals surface area contributed by atoms with Gasteiger partial charge in [0.15, 0.2) is 11.5 Å². The fourth-order valence-electron chi connectivity index (χ4n) is 3.73. The molecule has 0 spiro atoms. The molecule has 0 aliphatic carbocycles.